The number of esters is 1. The van der Waals surface area contributed by atoms with Gasteiger partial charge >= 0.3 is 5.97 Å². The molecule has 0 bridgehead atoms. The van der Waals surface area contributed by atoms with Crippen molar-refractivity contribution in [3.8, 4) is 11.3 Å². The second-order valence-electron chi connectivity index (χ2n) is 7.13. The third-order valence-electron chi connectivity index (χ3n) is 4.91. The van der Waals surface area contributed by atoms with E-state index in [-0.39, 0.29) is 24.6 Å². The van der Waals surface area contributed by atoms with Crippen LogP contribution in [0.4, 0.5) is 0 Å². The van der Waals surface area contributed by atoms with Crippen molar-refractivity contribution in [3.05, 3.63) is 46.7 Å². The molecule has 0 atom stereocenters. The number of hydrogen-bond acceptors (Lipinski definition) is 6. The molecule has 1 heterocycles. The Labute approximate surface area is 180 Å². The van der Waals surface area contributed by atoms with E-state index in [0.29, 0.717) is 28.1 Å². The highest BCUT2D eigenvalue weighted by Crippen LogP contribution is 2.27. The fourth-order valence-electron chi connectivity index (χ4n) is 3.37. The maximum Gasteiger partial charge on any atom is 0.339 e. The van der Waals surface area contributed by atoms with Gasteiger partial charge in [-0.15, -0.1) is 0 Å². The number of hydrazone groups is 1. The van der Waals surface area contributed by atoms with Gasteiger partial charge in [-0.3, -0.25) is 4.79 Å². The molecule has 30 heavy (non-hydrogen) atoms. The Morgan fingerprint density at radius 2 is 2.03 bits per heavy atom. The van der Waals surface area contributed by atoms with Crippen LogP contribution in [0.2, 0.25) is 5.02 Å². The second-order valence-corrected chi connectivity index (χ2v) is 7.53. The molecule has 3 rings (SSSR count). The van der Waals surface area contributed by atoms with Gasteiger partial charge in [0.1, 0.15) is 11.5 Å². The summed E-state index contributed by atoms with van der Waals surface area (Å²) in [4.78, 5) is 23.9. The molecular weight excluding hydrogens is 406 g/mol. The molecule has 0 radical (unpaired) electrons. The maximum atomic E-state index is 12.0. The summed E-state index contributed by atoms with van der Waals surface area (Å²) in [6, 6.07) is 8.90. The quantitative estimate of drug-likeness (QED) is 0.372. The largest absolute Gasteiger partial charge is 0.462 e. The van der Waals surface area contributed by atoms with Crippen LogP contribution in [0.5, 0.6) is 0 Å². The summed E-state index contributed by atoms with van der Waals surface area (Å²) < 4.78 is 10.7. The lowest BCUT2D eigenvalue weighted by Crippen LogP contribution is -2.38. The SMILES string of the molecule is CCOC(=O)c1cc(-c2ccc(/C=N\NC(=O)CNC3CCCCC3)o2)ccc1Cl. The molecule has 1 aliphatic carbocycles. The van der Waals surface area contributed by atoms with E-state index in [1.807, 2.05) is 0 Å². The Morgan fingerprint density at radius 1 is 1.23 bits per heavy atom. The number of furan rings is 1. The minimum absolute atomic E-state index is 0.194. The highest BCUT2D eigenvalue weighted by molar-refractivity contribution is 6.33. The molecule has 0 aliphatic heterocycles. The van der Waals surface area contributed by atoms with Crippen LogP contribution in [0.3, 0.4) is 0 Å². The molecule has 2 aromatic rings. The molecule has 1 aromatic heterocycles. The maximum absolute atomic E-state index is 12.0. The monoisotopic (exact) mass is 431 g/mol. The van der Waals surface area contributed by atoms with E-state index in [4.69, 9.17) is 20.8 Å². The summed E-state index contributed by atoms with van der Waals surface area (Å²) >= 11 is 6.09. The van der Waals surface area contributed by atoms with Gasteiger partial charge in [0.25, 0.3) is 5.91 Å². The summed E-state index contributed by atoms with van der Waals surface area (Å²) in [5.74, 6) is 0.338. The number of halogens is 1. The predicted molar refractivity (Wildman–Crippen MR) is 116 cm³/mol. The van der Waals surface area contributed by atoms with Crippen LogP contribution < -0.4 is 10.7 Å². The lowest BCUT2D eigenvalue weighted by atomic mass is 9.95. The molecule has 2 N–H and O–H groups in total. The third kappa shape index (κ3) is 6.18. The zero-order valence-electron chi connectivity index (χ0n) is 16.9. The molecule has 1 aromatic carbocycles. The number of nitrogens with one attached hydrogen (secondary N) is 2. The van der Waals surface area contributed by atoms with Crippen molar-refractivity contribution in [2.45, 2.75) is 45.1 Å². The Balaban J connectivity index is 1.55. The fourth-order valence-corrected chi connectivity index (χ4v) is 3.57. The van der Waals surface area contributed by atoms with Crippen LogP contribution in [0, 0.1) is 0 Å². The van der Waals surface area contributed by atoms with Gasteiger partial charge in [-0.05, 0) is 50.1 Å². The molecule has 8 heteroatoms. The molecule has 1 fully saturated rings. The molecule has 7 nitrogen and oxygen atoms in total. The number of carbonyl (C=O) groups excluding carboxylic acids is 2. The normalized spacial score (nSPS) is 14.7. The van der Waals surface area contributed by atoms with Crippen molar-refractivity contribution in [2.24, 2.45) is 5.10 Å². The number of amides is 1. The Hall–Kier alpha value is -2.64. The van der Waals surface area contributed by atoms with Crippen LogP contribution >= 0.6 is 11.6 Å². The molecule has 0 saturated heterocycles. The summed E-state index contributed by atoms with van der Waals surface area (Å²) in [7, 11) is 0. The molecule has 0 spiro atoms. The molecule has 1 aliphatic rings. The predicted octanol–water partition coefficient (Wildman–Crippen LogP) is 4.15. The van der Waals surface area contributed by atoms with Gasteiger partial charge in [-0.25, -0.2) is 10.2 Å². The van der Waals surface area contributed by atoms with E-state index in [0.717, 1.165) is 12.8 Å². The van der Waals surface area contributed by atoms with Crippen molar-refractivity contribution in [3.63, 3.8) is 0 Å². The summed E-state index contributed by atoms with van der Waals surface area (Å²) in [6.07, 6.45) is 7.38. The van der Waals surface area contributed by atoms with Crippen LogP contribution in [0.25, 0.3) is 11.3 Å². The number of hydrogen-bond donors (Lipinski definition) is 2. The first kappa shape index (κ1) is 22.1. The van der Waals surface area contributed by atoms with Crippen molar-refractivity contribution in [2.75, 3.05) is 13.2 Å². The van der Waals surface area contributed by atoms with Crippen LogP contribution in [0.15, 0.2) is 39.9 Å². The topological polar surface area (TPSA) is 92.9 Å². The molecule has 1 saturated carbocycles. The molecular formula is C22H26ClN3O4. The van der Waals surface area contributed by atoms with E-state index >= 15 is 0 Å². The van der Waals surface area contributed by atoms with Crippen LogP contribution in [0.1, 0.15) is 55.1 Å². The minimum atomic E-state index is -0.484. The Morgan fingerprint density at radius 3 is 2.80 bits per heavy atom. The van der Waals surface area contributed by atoms with Gasteiger partial charge in [0.2, 0.25) is 0 Å². The highest BCUT2D eigenvalue weighted by atomic mass is 35.5. The first-order valence-electron chi connectivity index (χ1n) is 10.2. The lowest BCUT2D eigenvalue weighted by molar-refractivity contribution is -0.120. The molecule has 1 amide bonds. The average molecular weight is 432 g/mol. The van der Waals surface area contributed by atoms with E-state index in [1.54, 1.807) is 37.3 Å². The summed E-state index contributed by atoms with van der Waals surface area (Å²) in [5.41, 5.74) is 3.46. The van der Waals surface area contributed by atoms with Crippen molar-refractivity contribution in [1.29, 1.82) is 0 Å². The first-order chi connectivity index (χ1) is 14.6. The minimum Gasteiger partial charge on any atom is -0.462 e. The number of ether oxygens (including phenoxy) is 1. The average Bonchev–Trinajstić information content (AvgIpc) is 3.22. The zero-order valence-corrected chi connectivity index (χ0v) is 17.7. The van der Waals surface area contributed by atoms with Gasteiger partial charge in [0.15, 0.2) is 0 Å². The van der Waals surface area contributed by atoms with Gasteiger partial charge < -0.3 is 14.5 Å². The highest BCUT2D eigenvalue weighted by Gasteiger charge is 2.15. The van der Waals surface area contributed by atoms with Gasteiger partial charge in [0.05, 0.1) is 30.0 Å². The van der Waals surface area contributed by atoms with Crippen molar-refractivity contribution >= 4 is 29.7 Å². The molecule has 160 valence electrons. The first-order valence-corrected chi connectivity index (χ1v) is 10.6. The number of nitrogens with zero attached hydrogens (tertiary/aromatic N) is 1. The zero-order chi connectivity index (χ0) is 21.3. The van der Waals surface area contributed by atoms with E-state index in [9.17, 15) is 9.59 Å². The van der Waals surface area contributed by atoms with E-state index < -0.39 is 5.97 Å². The lowest BCUT2D eigenvalue weighted by Gasteiger charge is -2.22. The smallest absolute Gasteiger partial charge is 0.339 e. The fraction of sp³-hybridized carbons (Fsp3) is 0.409. The summed E-state index contributed by atoms with van der Waals surface area (Å²) in [6.45, 7) is 2.24. The standard InChI is InChI=1S/C22H26ClN3O4/c1-2-29-22(28)18-12-15(8-10-19(18)23)20-11-9-17(30-20)13-25-26-21(27)14-24-16-6-4-3-5-7-16/h8-13,16,24H,2-7,14H2,1H3,(H,26,27)/b25-13-. The van der Waals surface area contributed by atoms with Crippen LogP contribution in [-0.4, -0.2) is 37.3 Å². The number of rotatable bonds is 8. The Kier molecular flexibility index (Phi) is 8.04. The van der Waals surface area contributed by atoms with Gasteiger partial charge in [-0.2, -0.15) is 5.10 Å². The number of benzene rings is 1. The summed E-state index contributed by atoms with van der Waals surface area (Å²) in [5, 5.41) is 7.52. The van der Waals surface area contributed by atoms with Gasteiger partial charge in [-0.1, -0.05) is 30.9 Å². The Bertz CT molecular complexity index is 904. The van der Waals surface area contributed by atoms with E-state index in [1.165, 1.54) is 25.5 Å². The molecule has 0 unspecified atom stereocenters. The third-order valence-corrected chi connectivity index (χ3v) is 5.24. The number of carbonyl (C=O) groups is 2. The van der Waals surface area contributed by atoms with Crippen molar-refractivity contribution < 1.29 is 18.7 Å². The van der Waals surface area contributed by atoms with Gasteiger partial charge in [0, 0.05) is 11.6 Å². The van der Waals surface area contributed by atoms with E-state index in [2.05, 4.69) is 15.8 Å². The van der Waals surface area contributed by atoms with Crippen LogP contribution in [-0.2, 0) is 9.53 Å². The van der Waals surface area contributed by atoms with Crippen molar-refractivity contribution in [1.82, 2.24) is 10.7 Å². The second kappa shape index (κ2) is 10.9.